The molecule has 1 atom stereocenters. The highest BCUT2D eigenvalue weighted by molar-refractivity contribution is 6.07. The van der Waals surface area contributed by atoms with Crippen LogP contribution in [0.1, 0.15) is 40.1 Å². The Bertz CT molecular complexity index is 1200. The molecule has 0 fully saturated rings. The number of amides is 1. The minimum absolute atomic E-state index is 0.143. The predicted molar refractivity (Wildman–Crippen MR) is 114 cm³/mol. The second kappa shape index (κ2) is 7.47. The smallest absolute Gasteiger partial charge is 0.252 e. The Morgan fingerprint density at radius 1 is 1.10 bits per heavy atom. The van der Waals surface area contributed by atoms with E-state index < -0.39 is 0 Å². The van der Waals surface area contributed by atoms with Gasteiger partial charge in [-0.05, 0) is 51.1 Å². The van der Waals surface area contributed by atoms with E-state index >= 15 is 0 Å². The molecule has 0 aliphatic rings. The maximum absolute atomic E-state index is 13.3. The molecule has 0 saturated carbocycles. The summed E-state index contributed by atoms with van der Waals surface area (Å²) in [6.45, 7) is 5.97. The lowest BCUT2D eigenvalue weighted by Crippen LogP contribution is -2.27. The van der Waals surface area contributed by atoms with Crippen molar-refractivity contribution >= 4 is 16.8 Å². The average Bonchev–Trinajstić information content (AvgIpc) is 3.06. The number of nitrogens with one attached hydrogen (secondary N) is 1. The molecule has 1 N–H and O–H groups in total. The Morgan fingerprint density at radius 3 is 2.62 bits per heavy atom. The van der Waals surface area contributed by atoms with Gasteiger partial charge >= 0.3 is 0 Å². The summed E-state index contributed by atoms with van der Waals surface area (Å²) >= 11 is 0. The first-order chi connectivity index (χ1) is 13.9. The van der Waals surface area contributed by atoms with Crippen molar-refractivity contribution in [1.82, 2.24) is 25.1 Å². The number of hydrogen-bond donors (Lipinski definition) is 1. The van der Waals surface area contributed by atoms with Crippen LogP contribution >= 0.6 is 0 Å². The highest BCUT2D eigenvalue weighted by Gasteiger charge is 2.19. The first-order valence-corrected chi connectivity index (χ1v) is 9.56. The molecule has 1 amide bonds. The van der Waals surface area contributed by atoms with Crippen molar-refractivity contribution in [1.29, 1.82) is 0 Å². The molecule has 3 heterocycles. The van der Waals surface area contributed by atoms with Crippen molar-refractivity contribution in [2.24, 2.45) is 7.05 Å². The molecule has 4 aromatic rings. The average molecular weight is 385 g/mol. The molecular formula is C23H23N5O. The van der Waals surface area contributed by atoms with E-state index in [1.807, 2.05) is 75.0 Å². The molecule has 1 aromatic carbocycles. The molecule has 4 rings (SSSR count). The van der Waals surface area contributed by atoms with Gasteiger partial charge in [0.2, 0.25) is 0 Å². The van der Waals surface area contributed by atoms with Crippen molar-refractivity contribution < 1.29 is 4.79 Å². The monoisotopic (exact) mass is 385 g/mol. The number of nitrogens with zero attached hydrogens (tertiary/aromatic N) is 4. The number of benzene rings is 1. The molecule has 3 aromatic heterocycles. The fourth-order valence-corrected chi connectivity index (χ4v) is 3.47. The fourth-order valence-electron chi connectivity index (χ4n) is 3.47. The van der Waals surface area contributed by atoms with E-state index in [2.05, 4.69) is 15.4 Å². The van der Waals surface area contributed by atoms with E-state index in [0.29, 0.717) is 11.3 Å². The molecule has 0 radical (unpaired) electrons. The van der Waals surface area contributed by atoms with Crippen LogP contribution in [0.3, 0.4) is 0 Å². The SMILES string of the molecule is Cc1ccc2nc(-c3ccccn3)cc(C(=O)N[C@@H](C)c3cnn(C)c3C)c2c1. The van der Waals surface area contributed by atoms with Crippen LogP contribution in [0.15, 0.2) is 54.9 Å². The normalized spacial score (nSPS) is 12.1. The predicted octanol–water partition coefficient (Wildman–Crippen LogP) is 4.14. The summed E-state index contributed by atoms with van der Waals surface area (Å²) in [6, 6.07) is 13.3. The van der Waals surface area contributed by atoms with Crippen LogP contribution in [0, 0.1) is 13.8 Å². The van der Waals surface area contributed by atoms with Gasteiger partial charge in [-0.3, -0.25) is 14.5 Å². The third-order valence-corrected chi connectivity index (χ3v) is 5.22. The van der Waals surface area contributed by atoms with Gasteiger partial charge in [0.05, 0.1) is 34.7 Å². The Labute approximate surface area is 169 Å². The molecule has 6 nitrogen and oxygen atoms in total. The largest absolute Gasteiger partial charge is 0.345 e. The lowest BCUT2D eigenvalue weighted by molar-refractivity contribution is 0.0941. The van der Waals surface area contributed by atoms with Crippen molar-refractivity contribution in [3.8, 4) is 11.4 Å². The molecule has 0 spiro atoms. The summed E-state index contributed by atoms with van der Waals surface area (Å²) in [4.78, 5) is 22.4. The maximum atomic E-state index is 13.3. The summed E-state index contributed by atoms with van der Waals surface area (Å²) < 4.78 is 1.81. The van der Waals surface area contributed by atoms with E-state index in [-0.39, 0.29) is 11.9 Å². The first-order valence-electron chi connectivity index (χ1n) is 9.56. The van der Waals surface area contributed by atoms with Crippen LogP contribution in [-0.2, 0) is 7.05 Å². The van der Waals surface area contributed by atoms with Gasteiger partial charge in [0, 0.05) is 29.9 Å². The lowest BCUT2D eigenvalue weighted by atomic mass is 10.0. The van der Waals surface area contributed by atoms with Crippen LogP contribution in [0.25, 0.3) is 22.3 Å². The van der Waals surface area contributed by atoms with E-state index in [4.69, 9.17) is 4.98 Å². The molecular weight excluding hydrogens is 362 g/mol. The molecule has 146 valence electrons. The topological polar surface area (TPSA) is 72.7 Å². The number of hydrogen-bond acceptors (Lipinski definition) is 4. The summed E-state index contributed by atoms with van der Waals surface area (Å²) in [5.74, 6) is -0.143. The van der Waals surface area contributed by atoms with E-state index in [9.17, 15) is 4.79 Å². The Morgan fingerprint density at radius 2 is 1.93 bits per heavy atom. The van der Waals surface area contributed by atoms with Crippen LogP contribution < -0.4 is 5.32 Å². The molecule has 6 heteroatoms. The van der Waals surface area contributed by atoms with Gasteiger partial charge in [0.25, 0.3) is 5.91 Å². The summed E-state index contributed by atoms with van der Waals surface area (Å²) in [5, 5.41) is 8.23. The number of pyridine rings is 2. The maximum Gasteiger partial charge on any atom is 0.252 e. The van der Waals surface area contributed by atoms with Gasteiger partial charge in [0.15, 0.2) is 0 Å². The summed E-state index contributed by atoms with van der Waals surface area (Å²) in [6.07, 6.45) is 3.53. The van der Waals surface area contributed by atoms with Gasteiger partial charge in [-0.2, -0.15) is 5.10 Å². The van der Waals surface area contributed by atoms with Crippen molar-refractivity contribution in [2.45, 2.75) is 26.8 Å². The van der Waals surface area contributed by atoms with E-state index in [1.165, 1.54) is 0 Å². The third-order valence-electron chi connectivity index (χ3n) is 5.22. The Hall–Kier alpha value is -3.54. The van der Waals surface area contributed by atoms with Gasteiger partial charge in [-0.15, -0.1) is 0 Å². The minimum Gasteiger partial charge on any atom is -0.345 e. The standard InChI is InChI=1S/C23H23N5O/c1-14-8-9-20-17(11-14)18(12-22(27-20)21-7-5-6-10-24-21)23(29)26-15(2)19-13-25-28(4)16(19)3/h5-13,15H,1-4H3,(H,26,29)/t15-/m0/s1. The summed E-state index contributed by atoms with van der Waals surface area (Å²) in [7, 11) is 1.89. The number of fused-ring (bicyclic) bond motifs is 1. The molecule has 0 bridgehead atoms. The van der Waals surface area contributed by atoms with Crippen molar-refractivity contribution in [2.75, 3.05) is 0 Å². The summed E-state index contributed by atoms with van der Waals surface area (Å²) in [5.41, 5.74) is 5.89. The quantitative estimate of drug-likeness (QED) is 0.573. The van der Waals surface area contributed by atoms with Crippen LogP contribution in [0.2, 0.25) is 0 Å². The van der Waals surface area contributed by atoms with Gasteiger partial charge in [-0.1, -0.05) is 17.7 Å². The number of carbonyl (C=O) groups excluding carboxylic acids is 1. The van der Waals surface area contributed by atoms with Crippen molar-refractivity contribution in [3.63, 3.8) is 0 Å². The third kappa shape index (κ3) is 3.61. The zero-order valence-corrected chi connectivity index (χ0v) is 17.0. The van der Waals surface area contributed by atoms with E-state index in [1.54, 1.807) is 12.4 Å². The Kier molecular flexibility index (Phi) is 4.84. The highest BCUT2D eigenvalue weighted by atomic mass is 16.1. The minimum atomic E-state index is -0.164. The number of aryl methyl sites for hydroxylation is 2. The van der Waals surface area contributed by atoms with Gasteiger partial charge < -0.3 is 5.32 Å². The zero-order chi connectivity index (χ0) is 20.5. The second-order valence-electron chi connectivity index (χ2n) is 7.29. The fraction of sp³-hybridized carbons (Fsp3) is 0.217. The van der Waals surface area contributed by atoms with Crippen molar-refractivity contribution in [3.05, 3.63) is 77.2 Å². The number of rotatable bonds is 4. The molecule has 29 heavy (non-hydrogen) atoms. The van der Waals surface area contributed by atoms with E-state index in [0.717, 1.165) is 33.4 Å². The second-order valence-corrected chi connectivity index (χ2v) is 7.29. The highest BCUT2D eigenvalue weighted by Crippen LogP contribution is 2.26. The van der Waals surface area contributed by atoms with Gasteiger partial charge in [0.1, 0.15) is 0 Å². The Balaban J connectivity index is 1.77. The van der Waals surface area contributed by atoms with Gasteiger partial charge in [-0.25, -0.2) is 4.98 Å². The number of aromatic nitrogens is 4. The first kappa shape index (κ1) is 18.8. The molecule has 0 aliphatic carbocycles. The van der Waals surface area contributed by atoms with Crippen LogP contribution in [0.5, 0.6) is 0 Å². The molecule has 0 aliphatic heterocycles. The molecule has 0 saturated heterocycles. The van der Waals surface area contributed by atoms with Crippen LogP contribution in [-0.4, -0.2) is 25.7 Å². The van der Waals surface area contributed by atoms with Crippen LogP contribution in [0.4, 0.5) is 0 Å². The number of carbonyl (C=O) groups is 1. The molecule has 0 unspecified atom stereocenters. The zero-order valence-electron chi connectivity index (χ0n) is 17.0. The lowest BCUT2D eigenvalue weighted by Gasteiger charge is -2.16.